The van der Waals surface area contributed by atoms with Crippen LogP contribution in [0.2, 0.25) is 0 Å². The van der Waals surface area contributed by atoms with E-state index in [4.69, 9.17) is 5.21 Å². The molecule has 0 unspecified atom stereocenters. The normalized spacial score (nSPS) is 26.6. The van der Waals surface area contributed by atoms with Gasteiger partial charge in [-0.05, 0) is 48.1 Å². The van der Waals surface area contributed by atoms with E-state index >= 15 is 0 Å². The van der Waals surface area contributed by atoms with Crippen molar-refractivity contribution < 1.29 is 18.4 Å². The molecule has 1 amide bonds. The first-order chi connectivity index (χ1) is 12.5. The molecule has 2 aromatic rings. The second-order valence-electron chi connectivity index (χ2n) is 7.20. The van der Waals surface area contributed by atoms with Crippen molar-refractivity contribution in [2.45, 2.75) is 49.1 Å². The molecule has 3 atom stereocenters. The fraction of sp³-hybridized carbons (Fsp3) is 0.421. The molecule has 0 aromatic heterocycles. The van der Waals surface area contributed by atoms with Crippen LogP contribution in [0.4, 0.5) is 0 Å². The first-order valence-electron chi connectivity index (χ1n) is 8.98. The number of amides is 1. The van der Waals surface area contributed by atoms with Gasteiger partial charge in [-0.2, -0.15) is 4.31 Å². The van der Waals surface area contributed by atoms with E-state index in [0.717, 1.165) is 36.5 Å². The molecular weight excluding hydrogens is 352 g/mol. The van der Waals surface area contributed by atoms with Crippen LogP contribution in [-0.2, 0) is 14.8 Å². The van der Waals surface area contributed by atoms with Gasteiger partial charge in [-0.25, -0.2) is 13.9 Å². The molecular formula is C19H22N2O4S. The minimum Gasteiger partial charge on any atom is -0.289 e. The monoisotopic (exact) mass is 374 g/mol. The summed E-state index contributed by atoms with van der Waals surface area (Å²) < 4.78 is 28.2. The highest BCUT2D eigenvalue weighted by atomic mass is 32.2. The summed E-state index contributed by atoms with van der Waals surface area (Å²) in [5.41, 5.74) is 1.68. The highest BCUT2D eigenvalue weighted by molar-refractivity contribution is 7.89. The topological polar surface area (TPSA) is 86.7 Å². The summed E-state index contributed by atoms with van der Waals surface area (Å²) in [6, 6.07) is 11.6. The third-order valence-electron chi connectivity index (χ3n) is 5.69. The maximum atomic E-state index is 13.4. The Labute approximate surface area is 152 Å². The number of benzene rings is 2. The molecule has 26 heavy (non-hydrogen) atoms. The van der Waals surface area contributed by atoms with Crippen LogP contribution in [0.3, 0.4) is 0 Å². The number of hydrogen-bond donors (Lipinski definition) is 2. The van der Waals surface area contributed by atoms with Gasteiger partial charge in [0.25, 0.3) is 5.91 Å². The Morgan fingerprint density at radius 3 is 2.58 bits per heavy atom. The lowest BCUT2D eigenvalue weighted by Gasteiger charge is -2.31. The number of carbonyl (C=O) groups excluding carboxylic acids is 1. The van der Waals surface area contributed by atoms with Gasteiger partial charge in [0, 0.05) is 6.04 Å². The van der Waals surface area contributed by atoms with Crippen molar-refractivity contribution in [3.8, 4) is 0 Å². The summed E-state index contributed by atoms with van der Waals surface area (Å²) in [7, 11) is -3.84. The van der Waals surface area contributed by atoms with Crippen molar-refractivity contribution in [2.75, 3.05) is 0 Å². The summed E-state index contributed by atoms with van der Waals surface area (Å²) in [5.74, 6) is -0.686. The molecule has 2 aliphatic rings. The van der Waals surface area contributed by atoms with E-state index in [1.54, 1.807) is 23.7 Å². The number of hydrogen-bond acceptors (Lipinski definition) is 4. The Morgan fingerprint density at radius 1 is 1.08 bits per heavy atom. The molecule has 7 heteroatoms. The zero-order valence-corrected chi connectivity index (χ0v) is 15.2. The van der Waals surface area contributed by atoms with Crippen molar-refractivity contribution in [1.29, 1.82) is 0 Å². The van der Waals surface area contributed by atoms with Gasteiger partial charge in [-0.3, -0.25) is 10.0 Å². The largest absolute Gasteiger partial charge is 0.289 e. The van der Waals surface area contributed by atoms with E-state index < -0.39 is 22.0 Å². The first-order valence-corrected chi connectivity index (χ1v) is 10.4. The van der Waals surface area contributed by atoms with Gasteiger partial charge in [-0.15, -0.1) is 0 Å². The summed E-state index contributed by atoms with van der Waals surface area (Å²) in [6.07, 6.45) is 4.17. The Hall–Kier alpha value is -1.96. The lowest BCUT2D eigenvalue weighted by atomic mass is 9.95. The molecule has 4 rings (SSSR count). The van der Waals surface area contributed by atoms with Crippen LogP contribution >= 0.6 is 0 Å². The van der Waals surface area contributed by atoms with E-state index in [1.807, 2.05) is 24.3 Å². The minimum absolute atomic E-state index is 0.0510. The predicted molar refractivity (Wildman–Crippen MR) is 97.1 cm³/mol. The highest BCUT2D eigenvalue weighted by Gasteiger charge is 2.51. The van der Waals surface area contributed by atoms with Crippen molar-refractivity contribution in [3.63, 3.8) is 0 Å². The number of fused-ring (bicyclic) bond motifs is 3. The zero-order valence-electron chi connectivity index (χ0n) is 14.3. The average molecular weight is 374 g/mol. The van der Waals surface area contributed by atoms with E-state index in [1.165, 1.54) is 4.31 Å². The number of nitrogens with zero attached hydrogens (tertiary/aromatic N) is 1. The van der Waals surface area contributed by atoms with Crippen LogP contribution in [0.5, 0.6) is 0 Å². The maximum absolute atomic E-state index is 13.4. The molecule has 0 radical (unpaired) electrons. The van der Waals surface area contributed by atoms with Crippen molar-refractivity contribution in [2.24, 2.45) is 5.92 Å². The lowest BCUT2D eigenvalue weighted by Crippen LogP contribution is -2.50. The molecule has 0 spiro atoms. The quantitative estimate of drug-likeness (QED) is 0.639. The van der Waals surface area contributed by atoms with Gasteiger partial charge in [0.1, 0.15) is 6.04 Å². The summed E-state index contributed by atoms with van der Waals surface area (Å²) in [6.45, 7) is 0. The van der Waals surface area contributed by atoms with Crippen LogP contribution in [0.1, 0.15) is 32.1 Å². The summed E-state index contributed by atoms with van der Waals surface area (Å²) in [4.78, 5) is 12.5. The molecule has 1 aliphatic heterocycles. The number of sulfonamides is 1. The van der Waals surface area contributed by atoms with Gasteiger partial charge >= 0.3 is 0 Å². The molecule has 1 aliphatic carbocycles. The summed E-state index contributed by atoms with van der Waals surface area (Å²) in [5, 5.41) is 11.0. The summed E-state index contributed by atoms with van der Waals surface area (Å²) >= 11 is 0. The second kappa shape index (κ2) is 6.64. The molecule has 1 saturated heterocycles. The Morgan fingerprint density at radius 2 is 1.81 bits per heavy atom. The molecule has 2 aromatic carbocycles. The standard InChI is InChI=1S/C19H22N2O4S/c22-19(20-23)18-15-7-3-4-8-16(11-15)21(18)26(24,25)17-10-9-13-5-1-2-6-14(13)12-17/h1-2,5-6,9-10,12,15-16,18,23H,3-4,7-8,11H2,(H,20,22)/t15-,16+,18-/m1/s1. The van der Waals surface area contributed by atoms with E-state index in [-0.39, 0.29) is 16.9 Å². The van der Waals surface area contributed by atoms with Crippen molar-refractivity contribution in [3.05, 3.63) is 42.5 Å². The third-order valence-corrected chi connectivity index (χ3v) is 7.62. The van der Waals surface area contributed by atoms with E-state index in [0.29, 0.717) is 6.42 Å². The highest BCUT2D eigenvalue weighted by Crippen LogP contribution is 2.42. The number of rotatable bonds is 3. The SMILES string of the molecule is O=C(NO)[C@H]1[C@@H]2CCCC[C@@H](C2)N1S(=O)(=O)c1ccc2ccccc2c1. The fourth-order valence-electron chi connectivity index (χ4n) is 4.52. The van der Waals surface area contributed by atoms with Crippen LogP contribution in [0.15, 0.2) is 47.4 Å². The smallest absolute Gasteiger partial charge is 0.262 e. The minimum atomic E-state index is -3.84. The van der Waals surface area contributed by atoms with E-state index in [2.05, 4.69) is 0 Å². The van der Waals surface area contributed by atoms with E-state index in [9.17, 15) is 13.2 Å². The predicted octanol–water partition coefficient (Wildman–Crippen LogP) is 2.67. The molecule has 1 heterocycles. The lowest BCUT2D eigenvalue weighted by molar-refractivity contribution is -0.134. The Bertz CT molecular complexity index is 943. The van der Waals surface area contributed by atoms with Gasteiger partial charge in [-0.1, -0.05) is 43.2 Å². The fourth-order valence-corrected chi connectivity index (χ4v) is 6.43. The molecule has 2 bridgehead atoms. The van der Waals surface area contributed by atoms with Gasteiger partial charge in [0.15, 0.2) is 0 Å². The van der Waals surface area contributed by atoms with Crippen LogP contribution in [0.25, 0.3) is 10.8 Å². The Kier molecular flexibility index (Phi) is 4.46. The Balaban J connectivity index is 1.79. The number of hydroxylamine groups is 1. The molecule has 2 fully saturated rings. The molecule has 138 valence electrons. The molecule has 6 nitrogen and oxygen atoms in total. The third kappa shape index (κ3) is 2.80. The zero-order chi connectivity index (χ0) is 18.3. The van der Waals surface area contributed by atoms with Crippen molar-refractivity contribution >= 4 is 26.7 Å². The second-order valence-corrected chi connectivity index (χ2v) is 9.04. The van der Waals surface area contributed by atoms with Crippen LogP contribution in [-0.4, -0.2) is 35.9 Å². The average Bonchev–Trinajstić information content (AvgIpc) is 2.85. The molecule has 2 N–H and O–H groups in total. The maximum Gasteiger partial charge on any atom is 0.262 e. The first kappa shape index (κ1) is 17.5. The molecule has 1 saturated carbocycles. The number of nitrogens with one attached hydrogen (secondary N) is 1. The van der Waals surface area contributed by atoms with Crippen LogP contribution in [0, 0.1) is 5.92 Å². The van der Waals surface area contributed by atoms with Gasteiger partial charge in [0.2, 0.25) is 10.0 Å². The van der Waals surface area contributed by atoms with Gasteiger partial charge < -0.3 is 0 Å². The van der Waals surface area contributed by atoms with Crippen molar-refractivity contribution in [1.82, 2.24) is 9.79 Å². The number of carbonyl (C=O) groups is 1. The van der Waals surface area contributed by atoms with Crippen LogP contribution < -0.4 is 5.48 Å². The van der Waals surface area contributed by atoms with Gasteiger partial charge in [0.05, 0.1) is 4.90 Å².